The number of hydrogen-bond acceptors (Lipinski definition) is 6. The van der Waals surface area contributed by atoms with Crippen LogP contribution in [0.1, 0.15) is 29.8 Å². The number of benzene rings is 1. The summed E-state index contributed by atoms with van der Waals surface area (Å²) in [4.78, 5) is 13.9. The number of aryl methyl sites for hydroxylation is 2. The molecule has 0 saturated carbocycles. The fourth-order valence-electron chi connectivity index (χ4n) is 3.59. The summed E-state index contributed by atoms with van der Waals surface area (Å²) in [5.74, 6) is 4.12. The van der Waals surface area contributed by atoms with Gasteiger partial charge in [-0.15, -0.1) is 0 Å². The van der Waals surface area contributed by atoms with Crippen LogP contribution in [0.5, 0.6) is 11.5 Å². The Bertz CT molecular complexity index is 852. The minimum Gasteiger partial charge on any atom is -0.454 e. The van der Waals surface area contributed by atoms with Crippen molar-refractivity contribution in [1.82, 2.24) is 20.1 Å². The van der Waals surface area contributed by atoms with E-state index in [-0.39, 0.29) is 0 Å². The SMILES string of the molecule is CCNC(=NCc1nc(C)c(C)o1)N1CCN(Cc2ccc3c(c2)OCO3)CC1. The van der Waals surface area contributed by atoms with Gasteiger partial charge in [-0.25, -0.2) is 9.98 Å². The molecule has 1 aromatic heterocycles. The number of hydrogen-bond donors (Lipinski definition) is 1. The number of fused-ring (bicyclic) bond motifs is 1. The number of ether oxygens (including phenoxy) is 2. The summed E-state index contributed by atoms with van der Waals surface area (Å²) in [6.07, 6.45) is 0. The lowest BCUT2D eigenvalue weighted by molar-refractivity contribution is 0.171. The zero-order chi connectivity index (χ0) is 20.2. The summed E-state index contributed by atoms with van der Waals surface area (Å²) < 4.78 is 16.5. The predicted molar refractivity (Wildman–Crippen MR) is 110 cm³/mol. The van der Waals surface area contributed by atoms with E-state index in [1.807, 2.05) is 19.9 Å². The molecule has 2 aromatic rings. The van der Waals surface area contributed by atoms with E-state index in [4.69, 9.17) is 18.9 Å². The number of piperazine rings is 1. The van der Waals surface area contributed by atoms with Crippen molar-refractivity contribution in [2.75, 3.05) is 39.5 Å². The first-order chi connectivity index (χ1) is 14.1. The van der Waals surface area contributed by atoms with E-state index in [2.05, 4.69) is 39.2 Å². The summed E-state index contributed by atoms with van der Waals surface area (Å²) in [7, 11) is 0. The van der Waals surface area contributed by atoms with Crippen LogP contribution in [-0.4, -0.2) is 60.3 Å². The molecule has 29 heavy (non-hydrogen) atoms. The van der Waals surface area contributed by atoms with Crippen LogP contribution in [-0.2, 0) is 13.1 Å². The molecule has 156 valence electrons. The molecule has 0 spiro atoms. The zero-order valence-corrected chi connectivity index (χ0v) is 17.4. The van der Waals surface area contributed by atoms with Gasteiger partial charge in [0.15, 0.2) is 17.5 Å². The van der Waals surface area contributed by atoms with Gasteiger partial charge in [-0.1, -0.05) is 6.07 Å². The molecule has 2 aliphatic rings. The van der Waals surface area contributed by atoms with E-state index in [9.17, 15) is 0 Å². The van der Waals surface area contributed by atoms with Gasteiger partial charge in [-0.05, 0) is 38.5 Å². The first kappa shape index (κ1) is 19.6. The fraction of sp³-hybridized carbons (Fsp3) is 0.524. The Labute approximate surface area is 171 Å². The van der Waals surface area contributed by atoms with E-state index in [1.54, 1.807) is 0 Å². The third kappa shape index (κ3) is 4.64. The molecule has 0 bridgehead atoms. The van der Waals surface area contributed by atoms with Crippen LogP contribution in [0.4, 0.5) is 0 Å². The van der Waals surface area contributed by atoms with Gasteiger partial charge < -0.3 is 24.1 Å². The summed E-state index contributed by atoms with van der Waals surface area (Å²) in [6, 6.07) is 6.20. The smallest absolute Gasteiger partial charge is 0.231 e. The molecule has 4 rings (SSSR count). The minimum absolute atomic E-state index is 0.316. The zero-order valence-electron chi connectivity index (χ0n) is 17.4. The first-order valence-corrected chi connectivity index (χ1v) is 10.2. The molecule has 0 aliphatic carbocycles. The maximum absolute atomic E-state index is 5.65. The first-order valence-electron chi connectivity index (χ1n) is 10.2. The Morgan fingerprint density at radius 1 is 1.14 bits per heavy atom. The molecule has 1 N–H and O–H groups in total. The second-order valence-electron chi connectivity index (χ2n) is 7.37. The van der Waals surface area contributed by atoms with Crippen molar-refractivity contribution in [2.24, 2.45) is 4.99 Å². The van der Waals surface area contributed by atoms with Crippen LogP contribution in [0.3, 0.4) is 0 Å². The molecule has 1 saturated heterocycles. The van der Waals surface area contributed by atoms with Crippen LogP contribution < -0.4 is 14.8 Å². The molecule has 2 aliphatic heterocycles. The van der Waals surface area contributed by atoms with Gasteiger partial charge >= 0.3 is 0 Å². The molecule has 1 aromatic carbocycles. The van der Waals surface area contributed by atoms with Crippen molar-refractivity contribution < 1.29 is 13.9 Å². The molecule has 1 fully saturated rings. The molecule has 0 amide bonds. The van der Waals surface area contributed by atoms with Crippen LogP contribution in [0.25, 0.3) is 0 Å². The second-order valence-corrected chi connectivity index (χ2v) is 7.37. The lowest BCUT2D eigenvalue weighted by Gasteiger charge is -2.36. The number of guanidine groups is 1. The second kappa shape index (κ2) is 8.73. The molecule has 8 nitrogen and oxygen atoms in total. The summed E-state index contributed by atoms with van der Waals surface area (Å²) in [5.41, 5.74) is 2.18. The predicted octanol–water partition coefficient (Wildman–Crippen LogP) is 2.30. The van der Waals surface area contributed by atoms with E-state index in [1.165, 1.54) is 5.56 Å². The van der Waals surface area contributed by atoms with Crippen LogP contribution in [0.2, 0.25) is 0 Å². The highest BCUT2D eigenvalue weighted by Gasteiger charge is 2.21. The number of nitrogens with zero attached hydrogens (tertiary/aromatic N) is 4. The average Bonchev–Trinajstić information content (AvgIpc) is 3.31. The molecular formula is C21H29N5O3. The number of rotatable bonds is 5. The highest BCUT2D eigenvalue weighted by atomic mass is 16.7. The summed E-state index contributed by atoms with van der Waals surface area (Å²) >= 11 is 0. The Balaban J connectivity index is 1.33. The van der Waals surface area contributed by atoms with Crippen LogP contribution in [0.15, 0.2) is 27.6 Å². The fourth-order valence-corrected chi connectivity index (χ4v) is 3.59. The maximum atomic E-state index is 5.65. The lowest BCUT2D eigenvalue weighted by Crippen LogP contribution is -2.52. The topological polar surface area (TPSA) is 75.4 Å². The van der Waals surface area contributed by atoms with Crippen molar-refractivity contribution in [3.8, 4) is 11.5 Å². The van der Waals surface area contributed by atoms with Crippen molar-refractivity contribution >= 4 is 5.96 Å². The summed E-state index contributed by atoms with van der Waals surface area (Å²) in [5, 5.41) is 3.39. The standard InChI is InChI=1S/C21H29N5O3/c1-4-22-21(23-12-20-24-15(2)16(3)29-20)26-9-7-25(8-10-26)13-17-5-6-18-19(11-17)28-14-27-18/h5-6,11H,4,7-10,12-14H2,1-3H3,(H,22,23). The Hall–Kier alpha value is -2.74. The number of aromatic nitrogens is 1. The van der Waals surface area contributed by atoms with E-state index < -0.39 is 0 Å². The van der Waals surface area contributed by atoms with Crippen LogP contribution >= 0.6 is 0 Å². The van der Waals surface area contributed by atoms with E-state index in [0.29, 0.717) is 19.2 Å². The highest BCUT2D eigenvalue weighted by molar-refractivity contribution is 5.80. The Kier molecular flexibility index (Phi) is 5.89. The quantitative estimate of drug-likeness (QED) is 0.611. The Morgan fingerprint density at radius 2 is 1.93 bits per heavy atom. The molecular weight excluding hydrogens is 370 g/mol. The van der Waals surface area contributed by atoms with E-state index in [0.717, 1.165) is 68.2 Å². The van der Waals surface area contributed by atoms with Gasteiger partial charge in [0.1, 0.15) is 12.3 Å². The van der Waals surface area contributed by atoms with Crippen molar-refractivity contribution in [1.29, 1.82) is 0 Å². The highest BCUT2D eigenvalue weighted by Crippen LogP contribution is 2.32. The van der Waals surface area contributed by atoms with Crippen molar-refractivity contribution in [3.05, 3.63) is 41.1 Å². The van der Waals surface area contributed by atoms with Crippen LogP contribution in [0, 0.1) is 13.8 Å². The normalized spacial score (nSPS) is 17.1. The number of oxazole rings is 1. The van der Waals surface area contributed by atoms with Gasteiger partial charge in [0.2, 0.25) is 12.7 Å². The number of aliphatic imine (C=N–C) groups is 1. The minimum atomic E-state index is 0.316. The largest absolute Gasteiger partial charge is 0.454 e. The average molecular weight is 399 g/mol. The monoisotopic (exact) mass is 399 g/mol. The van der Waals surface area contributed by atoms with Gasteiger partial charge in [0.25, 0.3) is 0 Å². The number of nitrogens with one attached hydrogen (secondary N) is 1. The lowest BCUT2D eigenvalue weighted by atomic mass is 10.1. The molecule has 0 radical (unpaired) electrons. The molecule has 3 heterocycles. The molecule has 0 unspecified atom stereocenters. The summed E-state index contributed by atoms with van der Waals surface area (Å²) in [6.45, 7) is 12.3. The van der Waals surface area contributed by atoms with Gasteiger partial charge in [0, 0.05) is 39.3 Å². The van der Waals surface area contributed by atoms with Gasteiger partial charge in [-0.2, -0.15) is 0 Å². The van der Waals surface area contributed by atoms with Crippen molar-refractivity contribution in [2.45, 2.75) is 33.9 Å². The Morgan fingerprint density at radius 3 is 2.66 bits per heavy atom. The molecule has 8 heteroatoms. The van der Waals surface area contributed by atoms with Gasteiger partial charge in [-0.3, -0.25) is 4.90 Å². The maximum Gasteiger partial charge on any atom is 0.231 e. The third-order valence-electron chi connectivity index (χ3n) is 5.29. The van der Waals surface area contributed by atoms with E-state index >= 15 is 0 Å². The van der Waals surface area contributed by atoms with Crippen molar-refractivity contribution in [3.63, 3.8) is 0 Å². The molecule has 0 atom stereocenters. The van der Waals surface area contributed by atoms with Gasteiger partial charge in [0.05, 0.1) is 5.69 Å². The third-order valence-corrected chi connectivity index (χ3v) is 5.29.